The Morgan fingerprint density at radius 3 is 2.00 bits per heavy atom. The zero-order chi connectivity index (χ0) is 6.78. The van der Waals surface area contributed by atoms with Crippen molar-refractivity contribution in [3.05, 3.63) is 0 Å². The Morgan fingerprint density at radius 2 is 2.00 bits per heavy atom. The second kappa shape index (κ2) is 2.48. The molecule has 49 valence electrons. The molecule has 0 heterocycles. The van der Waals surface area contributed by atoms with Crippen LogP contribution in [0.3, 0.4) is 0 Å². The van der Waals surface area contributed by atoms with Crippen LogP contribution in [0.5, 0.6) is 0 Å². The summed E-state index contributed by atoms with van der Waals surface area (Å²) in [5.41, 5.74) is 1.19. The first-order valence-corrected chi connectivity index (χ1v) is 6.83. The van der Waals surface area contributed by atoms with Crippen LogP contribution in [0.25, 0.3) is 0 Å². The topological polar surface area (TPSA) is 77.8 Å². The Morgan fingerprint density at radius 1 is 1.62 bits per heavy atom. The second-order valence-electron chi connectivity index (χ2n) is 1.64. The average molecular weight is 183 g/mol. The summed E-state index contributed by atoms with van der Waals surface area (Å²) < 4.78 is 17.1. The molecule has 0 amide bonds. The number of carboxylic acid groups (broad SMARTS) is 1. The van der Waals surface area contributed by atoms with Crippen molar-refractivity contribution in [2.45, 2.75) is 10.9 Å². The van der Waals surface area contributed by atoms with Crippen molar-refractivity contribution < 1.29 is 18.1 Å². The van der Waals surface area contributed by atoms with Crippen molar-refractivity contribution in [1.82, 2.24) is 0 Å². The molecular formula is C3H8AsO4. The third kappa shape index (κ3) is 5.95. The molecule has 8 heavy (non-hydrogen) atoms. The molecule has 3 N–H and O–H groups in total. The van der Waals surface area contributed by atoms with Gasteiger partial charge in [0.25, 0.3) is 0 Å². The van der Waals surface area contributed by atoms with Crippen molar-refractivity contribution >= 4 is 20.2 Å². The van der Waals surface area contributed by atoms with E-state index < -0.39 is 25.4 Å². The van der Waals surface area contributed by atoms with Crippen LogP contribution in [-0.2, 0) is 4.79 Å². The summed E-state index contributed by atoms with van der Waals surface area (Å²) in [5.74, 6) is -1.15. The van der Waals surface area contributed by atoms with Gasteiger partial charge in [0.15, 0.2) is 0 Å². The third-order valence-corrected chi connectivity index (χ3v) is 2.26. The molecule has 0 aromatic carbocycles. The average Bonchev–Trinajstić information content (AvgIpc) is 1.21. The maximum absolute atomic E-state index is 9.74. The molecule has 0 bridgehead atoms. The molecule has 0 aliphatic carbocycles. The molecule has 0 aromatic heterocycles. The van der Waals surface area contributed by atoms with Crippen molar-refractivity contribution in [3.63, 3.8) is 0 Å². The van der Waals surface area contributed by atoms with Crippen molar-refractivity contribution in [2.75, 3.05) is 0 Å². The molecule has 0 fully saturated rings. The maximum atomic E-state index is 9.74. The molecule has 0 saturated heterocycles. The van der Waals surface area contributed by atoms with Gasteiger partial charge in [-0.3, -0.25) is 0 Å². The summed E-state index contributed by atoms with van der Waals surface area (Å²) in [5, 5.41) is 7.50. The Balaban J connectivity index is 3.55. The summed E-state index contributed by atoms with van der Waals surface area (Å²) in [6.07, 6.45) is 0. The summed E-state index contributed by atoms with van der Waals surface area (Å²) in [6, 6.07) is 0. The van der Waals surface area contributed by atoms with Crippen LogP contribution in [0.15, 0.2) is 0 Å². The van der Waals surface area contributed by atoms with Crippen molar-refractivity contribution in [2.24, 2.45) is 0 Å². The Labute approximate surface area is 49.9 Å². The number of hydrogen-bond acceptors (Lipinski definition) is 3. The van der Waals surface area contributed by atoms with Crippen molar-refractivity contribution in [1.29, 1.82) is 0 Å². The van der Waals surface area contributed by atoms with Gasteiger partial charge in [-0.05, 0) is 0 Å². The zero-order valence-corrected chi connectivity index (χ0v) is 6.28. The monoisotopic (exact) mass is 183 g/mol. The molecule has 0 rings (SSSR count). The van der Waals surface area contributed by atoms with E-state index in [1.54, 1.807) is 0 Å². The van der Waals surface area contributed by atoms with Crippen LogP contribution in [0.2, 0.25) is 10.9 Å². The van der Waals surface area contributed by atoms with Gasteiger partial charge in [0.2, 0.25) is 0 Å². The van der Waals surface area contributed by atoms with E-state index in [-0.39, 0.29) is 0 Å². The number of carbonyl (C=O) groups is 1. The number of carboxylic acids is 1. The Hall–Kier alpha value is -0.0516. The first-order chi connectivity index (χ1) is 3.42. The molecule has 4 nitrogen and oxygen atoms in total. The summed E-state index contributed by atoms with van der Waals surface area (Å²) in [7, 11) is 0. The van der Waals surface area contributed by atoms with Gasteiger partial charge in [0.1, 0.15) is 0 Å². The predicted molar refractivity (Wildman–Crippen MR) is 28.5 cm³/mol. The van der Waals surface area contributed by atoms with Crippen LogP contribution in [-0.4, -0.2) is 33.5 Å². The molecule has 0 aliphatic heterocycles. The SMILES string of the molecule is C[As](O)(O)CC(=O)O. The minimum absolute atomic E-state index is 0.474. The van der Waals surface area contributed by atoms with Gasteiger partial charge in [-0.2, -0.15) is 0 Å². The molecule has 0 spiro atoms. The van der Waals surface area contributed by atoms with E-state index in [9.17, 15) is 4.79 Å². The predicted octanol–water partition coefficient (Wildman–Crippen LogP) is -0.872. The first kappa shape index (κ1) is 7.95. The standard InChI is InChI=1S/C3H8AsO4/c1-4(7,8)2-3(5)6/h7-8H,2H2,1H3,(H,5,6). The second-order valence-corrected chi connectivity index (χ2v) is 6.87. The molecule has 0 unspecified atom stereocenters. The van der Waals surface area contributed by atoms with Crippen LogP contribution >= 0.6 is 0 Å². The van der Waals surface area contributed by atoms with E-state index in [1.165, 1.54) is 5.71 Å². The molecule has 0 aromatic rings. The summed E-state index contributed by atoms with van der Waals surface area (Å²) >= 11 is -3.61. The molecule has 0 atom stereocenters. The fourth-order valence-electron chi connectivity index (χ4n) is 0.256. The van der Waals surface area contributed by atoms with E-state index >= 15 is 0 Å². The first-order valence-electron chi connectivity index (χ1n) is 1.94. The normalized spacial score (nSPS) is 11.4. The number of aliphatic carboxylic acids is 1. The Bertz CT molecular complexity index is 93.9. The van der Waals surface area contributed by atoms with Crippen LogP contribution in [0.1, 0.15) is 0 Å². The van der Waals surface area contributed by atoms with Crippen LogP contribution in [0.4, 0.5) is 0 Å². The minimum atomic E-state index is -3.61. The van der Waals surface area contributed by atoms with E-state index in [4.69, 9.17) is 13.3 Å². The fraction of sp³-hybridized carbons (Fsp3) is 0.667. The fourth-order valence-corrected chi connectivity index (χ4v) is 1.33. The van der Waals surface area contributed by atoms with Gasteiger partial charge in [-0.25, -0.2) is 0 Å². The van der Waals surface area contributed by atoms with Gasteiger partial charge in [-0.1, -0.05) is 0 Å². The van der Waals surface area contributed by atoms with Gasteiger partial charge in [0.05, 0.1) is 0 Å². The summed E-state index contributed by atoms with van der Waals surface area (Å²) in [6.45, 7) is 0. The quantitative estimate of drug-likeness (QED) is 0.486. The van der Waals surface area contributed by atoms with Crippen LogP contribution < -0.4 is 0 Å². The Kier molecular flexibility index (Phi) is 2.47. The van der Waals surface area contributed by atoms with Crippen LogP contribution in [0, 0.1) is 0 Å². The zero-order valence-electron chi connectivity index (χ0n) is 4.40. The molecule has 5 heteroatoms. The van der Waals surface area contributed by atoms with Gasteiger partial charge in [-0.15, -0.1) is 0 Å². The number of rotatable bonds is 2. The van der Waals surface area contributed by atoms with Gasteiger partial charge < -0.3 is 0 Å². The van der Waals surface area contributed by atoms with E-state index in [1.807, 2.05) is 0 Å². The third-order valence-electron chi connectivity index (χ3n) is 0.435. The van der Waals surface area contributed by atoms with Gasteiger partial charge in [0, 0.05) is 0 Å². The molecule has 0 saturated carbocycles. The number of hydrogen-bond donors (Lipinski definition) is 3. The van der Waals surface area contributed by atoms with E-state index in [2.05, 4.69) is 0 Å². The molecule has 0 aliphatic rings. The van der Waals surface area contributed by atoms with Gasteiger partial charge >= 0.3 is 49.2 Å². The summed E-state index contributed by atoms with van der Waals surface area (Å²) in [4.78, 5) is 9.74. The van der Waals surface area contributed by atoms with E-state index in [0.29, 0.717) is 0 Å². The molecular weight excluding hydrogens is 175 g/mol. The van der Waals surface area contributed by atoms with Crippen molar-refractivity contribution in [3.8, 4) is 0 Å². The molecule has 1 radical (unpaired) electrons. The van der Waals surface area contributed by atoms with E-state index in [0.717, 1.165) is 0 Å².